The molecule has 0 unspecified atom stereocenters. The van der Waals surface area contributed by atoms with Gasteiger partial charge in [-0.1, -0.05) is 79.7 Å². The van der Waals surface area contributed by atoms with Crippen LogP contribution in [0.3, 0.4) is 0 Å². The zero-order valence-corrected chi connectivity index (χ0v) is 15.4. The number of hydrogen-bond donors (Lipinski definition) is 0. The molecular formula is C26H21N. The normalized spacial score (nSPS) is 11.3. The van der Waals surface area contributed by atoms with Gasteiger partial charge >= 0.3 is 0 Å². The highest BCUT2D eigenvalue weighted by Gasteiger charge is 2.11. The predicted molar refractivity (Wildman–Crippen MR) is 116 cm³/mol. The molecule has 130 valence electrons. The lowest BCUT2D eigenvalue weighted by atomic mass is 10.0. The monoisotopic (exact) mass is 347 g/mol. The molecule has 0 aliphatic carbocycles. The van der Waals surface area contributed by atoms with E-state index in [0.29, 0.717) is 0 Å². The average Bonchev–Trinajstić information content (AvgIpc) is 3.08. The van der Waals surface area contributed by atoms with Gasteiger partial charge in [0.25, 0.3) is 0 Å². The van der Waals surface area contributed by atoms with E-state index in [0.717, 1.165) is 6.42 Å². The lowest BCUT2D eigenvalue weighted by Crippen LogP contribution is -1.93. The van der Waals surface area contributed by atoms with E-state index < -0.39 is 0 Å². The van der Waals surface area contributed by atoms with E-state index in [1.54, 1.807) is 0 Å². The first kappa shape index (κ1) is 15.9. The number of fused-ring (bicyclic) bond motifs is 3. The molecule has 5 aromatic rings. The minimum atomic E-state index is 1.08. The fourth-order valence-electron chi connectivity index (χ4n) is 3.94. The van der Waals surface area contributed by atoms with Crippen LogP contribution in [0.15, 0.2) is 97.1 Å². The van der Waals surface area contributed by atoms with Crippen LogP contribution < -0.4 is 0 Å². The minimum absolute atomic E-state index is 1.08. The fourth-order valence-corrected chi connectivity index (χ4v) is 3.94. The van der Waals surface area contributed by atoms with Crippen LogP contribution in [-0.2, 0) is 6.42 Å². The fraction of sp³-hybridized carbons (Fsp3) is 0.0769. The van der Waals surface area contributed by atoms with Gasteiger partial charge in [0.1, 0.15) is 0 Å². The predicted octanol–water partition coefficient (Wildman–Crippen LogP) is 7.01. The van der Waals surface area contributed by atoms with E-state index in [4.69, 9.17) is 0 Å². The molecule has 0 amide bonds. The minimum Gasteiger partial charge on any atom is -0.309 e. The molecule has 27 heavy (non-hydrogen) atoms. The molecule has 0 atom stereocenters. The molecule has 1 heterocycles. The second kappa shape index (κ2) is 6.44. The highest BCUT2D eigenvalue weighted by molar-refractivity contribution is 6.09. The van der Waals surface area contributed by atoms with E-state index in [1.165, 1.54) is 44.2 Å². The van der Waals surface area contributed by atoms with Gasteiger partial charge in [0.15, 0.2) is 0 Å². The summed E-state index contributed by atoms with van der Waals surface area (Å²) in [4.78, 5) is 0. The van der Waals surface area contributed by atoms with Crippen molar-refractivity contribution >= 4 is 21.8 Å². The van der Waals surface area contributed by atoms with Crippen molar-refractivity contribution in [2.45, 2.75) is 13.3 Å². The molecule has 0 aliphatic rings. The summed E-state index contributed by atoms with van der Waals surface area (Å²) in [5, 5.41) is 2.60. The second-order valence-electron chi connectivity index (χ2n) is 6.97. The third-order valence-electron chi connectivity index (χ3n) is 5.40. The van der Waals surface area contributed by atoms with Crippen molar-refractivity contribution in [1.29, 1.82) is 0 Å². The standard InChI is InChI=1S/C26H21N/c1-2-19-11-13-20(14-12-19)21-15-17-22(18-16-21)27-25-9-5-3-7-23(25)24-8-4-6-10-26(24)27/h3-18H,2H2,1H3. The zero-order chi connectivity index (χ0) is 18.2. The molecule has 0 aliphatic heterocycles. The summed E-state index contributed by atoms with van der Waals surface area (Å²) < 4.78 is 2.36. The first-order valence-corrected chi connectivity index (χ1v) is 9.53. The quantitative estimate of drug-likeness (QED) is 0.331. The summed E-state index contributed by atoms with van der Waals surface area (Å²) in [6.07, 6.45) is 1.08. The van der Waals surface area contributed by atoms with Gasteiger partial charge in [-0.25, -0.2) is 0 Å². The molecular weight excluding hydrogens is 326 g/mol. The summed E-state index contributed by atoms with van der Waals surface area (Å²) in [5.74, 6) is 0. The van der Waals surface area contributed by atoms with Crippen molar-refractivity contribution in [1.82, 2.24) is 4.57 Å². The van der Waals surface area contributed by atoms with Crippen LogP contribution in [-0.4, -0.2) is 4.57 Å². The number of para-hydroxylation sites is 2. The molecule has 5 rings (SSSR count). The van der Waals surface area contributed by atoms with Crippen molar-refractivity contribution in [2.24, 2.45) is 0 Å². The lowest BCUT2D eigenvalue weighted by molar-refractivity contribution is 1.14. The Kier molecular flexibility index (Phi) is 3.79. The van der Waals surface area contributed by atoms with Crippen molar-refractivity contribution in [3.63, 3.8) is 0 Å². The Hall–Kier alpha value is -3.32. The smallest absolute Gasteiger partial charge is 0.0541 e. The Morgan fingerprint density at radius 2 is 1.04 bits per heavy atom. The van der Waals surface area contributed by atoms with Crippen LogP contribution in [0.25, 0.3) is 38.6 Å². The first-order valence-electron chi connectivity index (χ1n) is 9.53. The first-order chi connectivity index (χ1) is 13.3. The Labute approximate surface area is 159 Å². The van der Waals surface area contributed by atoms with Crippen LogP contribution in [0.1, 0.15) is 12.5 Å². The average molecular weight is 347 g/mol. The largest absolute Gasteiger partial charge is 0.309 e. The summed E-state index contributed by atoms with van der Waals surface area (Å²) in [6, 6.07) is 35.0. The van der Waals surface area contributed by atoms with Crippen LogP contribution in [0.2, 0.25) is 0 Å². The van der Waals surface area contributed by atoms with Gasteiger partial charge in [0, 0.05) is 16.5 Å². The maximum absolute atomic E-state index is 2.36. The molecule has 0 saturated heterocycles. The Balaban J connectivity index is 1.64. The molecule has 1 aromatic heterocycles. The topological polar surface area (TPSA) is 4.93 Å². The van der Waals surface area contributed by atoms with E-state index in [1.807, 2.05) is 0 Å². The van der Waals surface area contributed by atoms with E-state index >= 15 is 0 Å². The number of benzene rings is 4. The molecule has 1 nitrogen and oxygen atoms in total. The van der Waals surface area contributed by atoms with Crippen LogP contribution in [0, 0.1) is 0 Å². The van der Waals surface area contributed by atoms with Gasteiger partial charge in [0.05, 0.1) is 11.0 Å². The maximum atomic E-state index is 2.36. The third kappa shape index (κ3) is 2.63. The maximum Gasteiger partial charge on any atom is 0.0541 e. The van der Waals surface area contributed by atoms with Gasteiger partial charge in [-0.2, -0.15) is 0 Å². The zero-order valence-electron chi connectivity index (χ0n) is 15.4. The van der Waals surface area contributed by atoms with Crippen molar-refractivity contribution in [3.05, 3.63) is 103 Å². The lowest BCUT2D eigenvalue weighted by Gasteiger charge is -2.09. The molecule has 0 spiro atoms. The van der Waals surface area contributed by atoms with Gasteiger partial charge in [-0.05, 0) is 47.4 Å². The van der Waals surface area contributed by atoms with Crippen LogP contribution in [0.4, 0.5) is 0 Å². The molecule has 0 N–H and O–H groups in total. The molecule has 0 saturated carbocycles. The molecule has 0 radical (unpaired) electrons. The van der Waals surface area contributed by atoms with Gasteiger partial charge in [0.2, 0.25) is 0 Å². The highest BCUT2D eigenvalue weighted by Crippen LogP contribution is 2.32. The number of aryl methyl sites for hydroxylation is 1. The summed E-state index contributed by atoms with van der Waals surface area (Å²) in [5.41, 5.74) is 7.59. The number of rotatable bonds is 3. The second-order valence-corrected chi connectivity index (χ2v) is 6.97. The number of aromatic nitrogens is 1. The van der Waals surface area contributed by atoms with Crippen molar-refractivity contribution < 1.29 is 0 Å². The molecule has 4 aromatic carbocycles. The summed E-state index contributed by atoms with van der Waals surface area (Å²) in [6.45, 7) is 2.19. The van der Waals surface area contributed by atoms with Gasteiger partial charge in [-0.3, -0.25) is 0 Å². The SMILES string of the molecule is CCc1ccc(-c2ccc(-n3c4ccccc4c4ccccc43)cc2)cc1. The van der Waals surface area contributed by atoms with Crippen molar-refractivity contribution in [3.8, 4) is 16.8 Å². The number of nitrogens with zero attached hydrogens (tertiary/aromatic N) is 1. The highest BCUT2D eigenvalue weighted by atomic mass is 15.0. The molecule has 1 heteroatoms. The third-order valence-corrected chi connectivity index (χ3v) is 5.40. The Morgan fingerprint density at radius 1 is 0.556 bits per heavy atom. The summed E-state index contributed by atoms with van der Waals surface area (Å²) in [7, 11) is 0. The summed E-state index contributed by atoms with van der Waals surface area (Å²) >= 11 is 0. The van der Waals surface area contributed by atoms with Gasteiger partial charge in [-0.15, -0.1) is 0 Å². The van der Waals surface area contributed by atoms with Crippen LogP contribution in [0.5, 0.6) is 0 Å². The number of hydrogen-bond acceptors (Lipinski definition) is 0. The van der Waals surface area contributed by atoms with Crippen molar-refractivity contribution in [2.75, 3.05) is 0 Å². The van der Waals surface area contributed by atoms with E-state index in [-0.39, 0.29) is 0 Å². The van der Waals surface area contributed by atoms with E-state index in [9.17, 15) is 0 Å². The Bertz CT molecular complexity index is 1170. The van der Waals surface area contributed by atoms with Gasteiger partial charge < -0.3 is 4.57 Å². The van der Waals surface area contributed by atoms with E-state index in [2.05, 4.69) is 109 Å². The molecule has 0 fully saturated rings. The molecule has 0 bridgehead atoms. The Morgan fingerprint density at radius 3 is 1.56 bits per heavy atom. The van der Waals surface area contributed by atoms with Crippen LogP contribution >= 0.6 is 0 Å².